The van der Waals surface area contributed by atoms with E-state index in [1.807, 2.05) is 0 Å². The molecule has 0 saturated carbocycles. The third-order valence-corrected chi connectivity index (χ3v) is 4.81. The Balaban J connectivity index is 2.59. The minimum Gasteiger partial charge on any atom is -0.382 e. The van der Waals surface area contributed by atoms with E-state index >= 15 is 0 Å². The molecule has 2 unspecified atom stereocenters. The maximum absolute atomic E-state index is 13.0. The molecule has 0 radical (unpaired) electrons. The van der Waals surface area contributed by atoms with Crippen molar-refractivity contribution in [1.29, 1.82) is 0 Å². The molecule has 0 heterocycles. The van der Waals surface area contributed by atoms with E-state index in [9.17, 15) is 4.39 Å². The van der Waals surface area contributed by atoms with Crippen molar-refractivity contribution >= 4 is 11.4 Å². The van der Waals surface area contributed by atoms with Gasteiger partial charge in [0, 0.05) is 30.5 Å². The smallest absolute Gasteiger partial charge is 0.0973 e. The summed E-state index contributed by atoms with van der Waals surface area (Å²) >= 11 is 0. The number of rotatable bonds is 14. The molecule has 0 amide bonds. The number of hydrogen-bond donors (Lipinski definition) is 1. The van der Waals surface area contributed by atoms with Crippen molar-refractivity contribution in [2.45, 2.75) is 91.3 Å². The van der Waals surface area contributed by atoms with Crippen LogP contribution in [0.1, 0.15) is 79.1 Å². The average Bonchev–Trinajstić information content (AvgIpc) is 2.61. The first-order chi connectivity index (χ1) is 12.1. The van der Waals surface area contributed by atoms with Gasteiger partial charge in [-0.25, -0.2) is 4.39 Å². The molecular weight excluding hydrogens is 311 g/mol. The zero-order valence-electron chi connectivity index (χ0n) is 16.9. The van der Waals surface area contributed by atoms with Crippen LogP contribution in [0.2, 0.25) is 0 Å². The predicted molar refractivity (Wildman–Crippen MR) is 111 cm³/mol. The van der Waals surface area contributed by atoms with Crippen molar-refractivity contribution < 1.29 is 4.39 Å². The Morgan fingerprint density at radius 3 is 2.00 bits per heavy atom. The largest absolute Gasteiger partial charge is 0.382 e. The fourth-order valence-corrected chi connectivity index (χ4v) is 3.10. The highest BCUT2D eigenvalue weighted by atomic mass is 19.1. The van der Waals surface area contributed by atoms with Crippen molar-refractivity contribution in [3.8, 4) is 0 Å². The van der Waals surface area contributed by atoms with E-state index in [1.165, 1.54) is 37.1 Å². The molecule has 25 heavy (non-hydrogen) atoms. The lowest BCUT2D eigenvalue weighted by Crippen LogP contribution is -2.25. The maximum atomic E-state index is 13.0. The van der Waals surface area contributed by atoms with Crippen molar-refractivity contribution in [2.75, 3.05) is 23.3 Å². The molecular formula is C22H39FN2. The standard InChI is InChI=1S/C22H39FN2/c1-5-8-17-25(18-9-6-2)22-15-13-21(14-16-22)24-20(7-3)12-10-11-19(4)23/h13-16,19-20,24H,5-12,17-18H2,1-4H3. The van der Waals surface area contributed by atoms with Gasteiger partial charge in [-0.1, -0.05) is 33.6 Å². The topological polar surface area (TPSA) is 15.3 Å². The molecule has 0 spiro atoms. The Morgan fingerprint density at radius 2 is 1.52 bits per heavy atom. The van der Waals surface area contributed by atoms with E-state index in [2.05, 4.69) is 55.3 Å². The fraction of sp³-hybridized carbons (Fsp3) is 0.727. The number of unbranched alkanes of at least 4 members (excludes halogenated alkanes) is 2. The molecule has 3 heteroatoms. The molecule has 0 aliphatic heterocycles. The van der Waals surface area contributed by atoms with Gasteiger partial charge in [0.25, 0.3) is 0 Å². The summed E-state index contributed by atoms with van der Waals surface area (Å²) in [6.07, 6.45) is 7.99. The Hall–Kier alpha value is -1.25. The first-order valence-electron chi connectivity index (χ1n) is 10.4. The molecule has 0 aromatic heterocycles. The van der Waals surface area contributed by atoms with Crippen molar-refractivity contribution in [3.05, 3.63) is 24.3 Å². The molecule has 144 valence electrons. The van der Waals surface area contributed by atoms with Crippen LogP contribution in [-0.2, 0) is 0 Å². The Morgan fingerprint density at radius 1 is 0.920 bits per heavy atom. The molecule has 1 aromatic rings. The van der Waals surface area contributed by atoms with Gasteiger partial charge in [-0.05, 0) is 69.7 Å². The van der Waals surface area contributed by atoms with Gasteiger partial charge < -0.3 is 10.2 Å². The lowest BCUT2D eigenvalue weighted by Gasteiger charge is -2.25. The molecule has 0 saturated heterocycles. The van der Waals surface area contributed by atoms with Gasteiger partial charge in [-0.3, -0.25) is 0 Å². The fourth-order valence-electron chi connectivity index (χ4n) is 3.10. The predicted octanol–water partition coefficient (Wildman–Crippen LogP) is 6.81. The third kappa shape index (κ3) is 9.13. The third-order valence-electron chi connectivity index (χ3n) is 4.81. The number of hydrogen-bond acceptors (Lipinski definition) is 2. The molecule has 0 aliphatic rings. The summed E-state index contributed by atoms with van der Waals surface area (Å²) in [4.78, 5) is 2.51. The quantitative estimate of drug-likeness (QED) is 0.396. The van der Waals surface area contributed by atoms with Crippen LogP contribution in [0.3, 0.4) is 0 Å². The molecule has 2 atom stereocenters. The van der Waals surface area contributed by atoms with Crippen LogP contribution in [-0.4, -0.2) is 25.3 Å². The maximum Gasteiger partial charge on any atom is 0.0973 e. The normalized spacial score (nSPS) is 13.5. The van der Waals surface area contributed by atoms with E-state index < -0.39 is 6.17 Å². The van der Waals surface area contributed by atoms with Crippen LogP contribution in [0.4, 0.5) is 15.8 Å². The van der Waals surface area contributed by atoms with E-state index in [0.29, 0.717) is 12.5 Å². The van der Waals surface area contributed by atoms with Gasteiger partial charge >= 0.3 is 0 Å². The van der Waals surface area contributed by atoms with Crippen LogP contribution < -0.4 is 10.2 Å². The molecule has 0 bridgehead atoms. The number of nitrogens with one attached hydrogen (secondary N) is 1. The number of benzene rings is 1. The number of alkyl halides is 1. The second kappa shape index (κ2) is 13.0. The monoisotopic (exact) mass is 350 g/mol. The van der Waals surface area contributed by atoms with Crippen molar-refractivity contribution in [3.63, 3.8) is 0 Å². The molecule has 1 rings (SSSR count). The Labute approximate surface area is 155 Å². The average molecular weight is 351 g/mol. The van der Waals surface area contributed by atoms with Crippen molar-refractivity contribution in [2.24, 2.45) is 0 Å². The van der Waals surface area contributed by atoms with Gasteiger partial charge in [-0.15, -0.1) is 0 Å². The van der Waals surface area contributed by atoms with E-state index in [4.69, 9.17) is 0 Å². The van der Waals surface area contributed by atoms with E-state index in [1.54, 1.807) is 6.92 Å². The summed E-state index contributed by atoms with van der Waals surface area (Å²) in [6.45, 7) is 10.6. The zero-order valence-corrected chi connectivity index (χ0v) is 16.9. The number of halogens is 1. The second-order valence-corrected chi connectivity index (χ2v) is 7.20. The molecule has 0 aliphatic carbocycles. The summed E-state index contributed by atoms with van der Waals surface area (Å²) in [5.74, 6) is 0. The molecule has 0 fully saturated rings. The van der Waals surface area contributed by atoms with Gasteiger partial charge in [0.1, 0.15) is 0 Å². The second-order valence-electron chi connectivity index (χ2n) is 7.20. The molecule has 2 nitrogen and oxygen atoms in total. The highest BCUT2D eigenvalue weighted by Gasteiger charge is 2.09. The summed E-state index contributed by atoms with van der Waals surface area (Å²) in [5, 5.41) is 3.61. The number of anilines is 2. The summed E-state index contributed by atoms with van der Waals surface area (Å²) in [5.41, 5.74) is 2.50. The SMILES string of the molecule is CCCCN(CCCC)c1ccc(NC(CC)CCCC(C)F)cc1. The van der Waals surface area contributed by atoms with Crippen LogP contribution in [0, 0.1) is 0 Å². The van der Waals surface area contributed by atoms with E-state index in [-0.39, 0.29) is 0 Å². The molecule has 1 N–H and O–H groups in total. The zero-order chi connectivity index (χ0) is 18.5. The lowest BCUT2D eigenvalue weighted by molar-refractivity contribution is 0.328. The Kier molecular flexibility index (Phi) is 11.3. The minimum absolute atomic E-state index is 0.431. The van der Waals surface area contributed by atoms with Crippen LogP contribution in [0.5, 0.6) is 0 Å². The van der Waals surface area contributed by atoms with E-state index in [0.717, 1.165) is 32.4 Å². The van der Waals surface area contributed by atoms with Crippen molar-refractivity contribution in [1.82, 2.24) is 0 Å². The van der Waals surface area contributed by atoms with Gasteiger partial charge in [0.2, 0.25) is 0 Å². The first kappa shape index (κ1) is 21.8. The van der Waals surface area contributed by atoms with Gasteiger partial charge in [-0.2, -0.15) is 0 Å². The first-order valence-corrected chi connectivity index (χ1v) is 10.4. The highest BCUT2D eigenvalue weighted by molar-refractivity contribution is 5.55. The summed E-state index contributed by atoms with van der Waals surface area (Å²) < 4.78 is 13.0. The lowest BCUT2D eigenvalue weighted by atomic mass is 10.1. The summed E-state index contributed by atoms with van der Waals surface area (Å²) in [7, 11) is 0. The number of nitrogens with zero attached hydrogens (tertiary/aromatic N) is 1. The van der Waals surface area contributed by atoms with Crippen LogP contribution in [0.25, 0.3) is 0 Å². The Bertz CT molecular complexity index is 422. The molecule has 1 aromatic carbocycles. The van der Waals surface area contributed by atoms with Crippen LogP contribution in [0.15, 0.2) is 24.3 Å². The van der Waals surface area contributed by atoms with Gasteiger partial charge in [0.15, 0.2) is 0 Å². The minimum atomic E-state index is -0.686. The highest BCUT2D eigenvalue weighted by Crippen LogP contribution is 2.21. The van der Waals surface area contributed by atoms with Crippen LogP contribution >= 0.6 is 0 Å². The van der Waals surface area contributed by atoms with Gasteiger partial charge in [0.05, 0.1) is 6.17 Å². The summed E-state index contributed by atoms with van der Waals surface area (Å²) in [6, 6.07) is 9.30.